The lowest BCUT2D eigenvalue weighted by Crippen LogP contribution is -2.42. The summed E-state index contributed by atoms with van der Waals surface area (Å²) in [6.45, 7) is 1.59. The zero-order chi connectivity index (χ0) is 15.4. The molecule has 1 aromatic rings. The molecule has 9 heteroatoms. The van der Waals surface area contributed by atoms with Gasteiger partial charge in [-0.2, -0.15) is 0 Å². The summed E-state index contributed by atoms with van der Waals surface area (Å²) in [6, 6.07) is 0.0614. The Morgan fingerprint density at radius 1 is 1.60 bits per heavy atom. The number of likely N-dealkylation sites (N-methyl/N-ethyl adjacent to an activating group) is 1. The van der Waals surface area contributed by atoms with E-state index in [4.69, 9.17) is 16.7 Å². The quantitative estimate of drug-likeness (QED) is 0.501. The molecule has 0 spiro atoms. The van der Waals surface area contributed by atoms with Crippen LogP contribution in [0, 0.1) is 10.1 Å². The number of carboxylic acid groups (broad SMARTS) is 1. The van der Waals surface area contributed by atoms with Gasteiger partial charge < -0.3 is 10.0 Å². The van der Waals surface area contributed by atoms with Gasteiger partial charge in [0.05, 0.1) is 4.92 Å². The smallest absolute Gasteiger partial charge is 0.326 e. The SMILES string of the molecule is CCC(C(=O)O)N(C)C(=O)c1ccnc(Cl)c1[N+](=O)[O-]. The lowest BCUT2D eigenvalue weighted by atomic mass is 10.1. The van der Waals surface area contributed by atoms with Crippen LogP contribution in [-0.2, 0) is 4.79 Å². The normalized spacial score (nSPS) is 11.8. The summed E-state index contributed by atoms with van der Waals surface area (Å²) in [7, 11) is 1.27. The number of aliphatic carboxylic acids is 1. The first-order valence-corrected chi connectivity index (χ1v) is 5.97. The van der Waals surface area contributed by atoms with Gasteiger partial charge in [0.15, 0.2) is 0 Å². The molecule has 1 unspecified atom stereocenters. The second-order valence-corrected chi connectivity index (χ2v) is 4.29. The highest BCUT2D eigenvalue weighted by Crippen LogP contribution is 2.27. The van der Waals surface area contributed by atoms with Crippen molar-refractivity contribution in [2.75, 3.05) is 7.05 Å². The van der Waals surface area contributed by atoms with E-state index in [0.29, 0.717) is 0 Å². The lowest BCUT2D eigenvalue weighted by Gasteiger charge is -2.23. The average molecular weight is 302 g/mol. The van der Waals surface area contributed by atoms with Crippen molar-refractivity contribution in [1.82, 2.24) is 9.88 Å². The molecule has 20 heavy (non-hydrogen) atoms. The second-order valence-electron chi connectivity index (χ2n) is 3.93. The molecule has 1 heterocycles. The highest BCUT2D eigenvalue weighted by molar-refractivity contribution is 6.32. The maximum atomic E-state index is 12.2. The first-order chi connectivity index (χ1) is 9.31. The minimum atomic E-state index is -1.19. The van der Waals surface area contributed by atoms with Gasteiger partial charge in [-0.3, -0.25) is 14.9 Å². The van der Waals surface area contributed by atoms with Crippen LogP contribution in [0.3, 0.4) is 0 Å². The van der Waals surface area contributed by atoms with Crippen LogP contribution >= 0.6 is 11.6 Å². The number of carboxylic acids is 1. The third-order valence-corrected chi connectivity index (χ3v) is 3.03. The van der Waals surface area contributed by atoms with E-state index >= 15 is 0 Å². The van der Waals surface area contributed by atoms with E-state index in [1.54, 1.807) is 6.92 Å². The van der Waals surface area contributed by atoms with Gasteiger partial charge in [0, 0.05) is 13.2 Å². The van der Waals surface area contributed by atoms with Gasteiger partial charge in [-0.05, 0) is 12.5 Å². The largest absolute Gasteiger partial charge is 0.480 e. The van der Waals surface area contributed by atoms with E-state index in [9.17, 15) is 19.7 Å². The Balaban J connectivity index is 3.25. The van der Waals surface area contributed by atoms with E-state index in [2.05, 4.69) is 4.98 Å². The summed E-state index contributed by atoms with van der Waals surface area (Å²) in [5, 5.41) is 19.5. The first-order valence-electron chi connectivity index (χ1n) is 5.60. The molecule has 0 fully saturated rings. The molecule has 1 N–H and O–H groups in total. The molecular formula is C11H12ClN3O5. The fourth-order valence-electron chi connectivity index (χ4n) is 1.72. The van der Waals surface area contributed by atoms with Gasteiger partial charge in [-0.1, -0.05) is 18.5 Å². The van der Waals surface area contributed by atoms with Crippen LogP contribution in [0.4, 0.5) is 5.69 Å². The average Bonchev–Trinajstić information content (AvgIpc) is 2.37. The van der Waals surface area contributed by atoms with E-state index in [-0.39, 0.29) is 12.0 Å². The topological polar surface area (TPSA) is 114 Å². The summed E-state index contributed by atoms with van der Waals surface area (Å²) < 4.78 is 0. The van der Waals surface area contributed by atoms with Gasteiger partial charge >= 0.3 is 11.7 Å². The minimum Gasteiger partial charge on any atom is -0.480 e. The summed E-state index contributed by atoms with van der Waals surface area (Å²) in [5.41, 5.74) is -0.927. The molecule has 0 aliphatic rings. The molecule has 108 valence electrons. The Morgan fingerprint density at radius 3 is 2.65 bits per heavy atom. The maximum Gasteiger partial charge on any atom is 0.326 e. The third-order valence-electron chi connectivity index (χ3n) is 2.75. The molecule has 0 bridgehead atoms. The van der Waals surface area contributed by atoms with Crippen molar-refractivity contribution in [2.24, 2.45) is 0 Å². The summed E-state index contributed by atoms with van der Waals surface area (Å²) in [5.74, 6) is -1.98. The maximum absolute atomic E-state index is 12.2. The van der Waals surface area contributed by atoms with Crippen molar-refractivity contribution >= 4 is 29.2 Å². The molecule has 1 aromatic heterocycles. The van der Waals surface area contributed by atoms with Gasteiger partial charge in [0.2, 0.25) is 5.15 Å². The van der Waals surface area contributed by atoms with Crippen molar-refractivity contribution in [3.63, 3.8) is 0 Å². The number of carbonyl (C=O) groups is 2. The zero-order valence-electron chi connectivity index (χ0n) is 10.7. The molecule has 0 aliphatic carbocycles. The monoisotopic (exact) mass is 301 g/mol. The number of carbonyl (C=O) groups excluding carboxylic acids is 1. The molecule has 1 rings (SSSR count). The van der Waals surface area contributed by atoms with Gasteiger partial charge in [0.1, 0.15) is 11.6 Å². The van der Waals surface area contributed by atoms with Crippen LogP contribution in [-0.4, -0.2) is 44.9 Å². The molecule has 8 nitrogen and oxygen atoms in total. The highest BCUT2D eigenvalue weighted by Gasteiger charge is 2.31. The minimum absolute atomic E-state index is 0.171. The molecule has 1 atom stereocenters. The van der Waals surface area contributed by atoms with Crippen molar-refractivity contribution in [1.29, 1.82) is 0 Å². The fraction of sp³-hybridized carbons (Fsp3) is 0.364. The molecule has 0 saturated carbocycles. The number of rotatable bonds is 5. The molecule has 0 saturated heterocycles. The summed E-state index contributed by atoms with van der Waals surface area (Å²) >= 11 is 5.61. The lowest BCUT2D eigenvalue weighted by molar-refractivity contribution is -0.385. The standard InChI is InChI=1S/C11H12ClN3O5/c1-3-7(11(17)18)14(2)10(16)6-4-5-13-9(12)8(6)15(19)20/h4-5,7H,3H2,1-2H3,(H,17,18). The van der Waals surface area contributed by atoms with Gasteiger partial charge in [0.25, 0.3) is 5.91 Å². The van der Waals surface area contributed by atoms with Gasteiger partial charge in [-0.25, -0.2) is 9.78 Å². The van der Waals surface area contributed by atoms with Crippen LogP contribution < -0.4 is 0 Å². The fourth-order valence-corrected chi connectivity index (χ4v) is 1.95. The first kappa shape index (κ1) is 15.8. The highest BCUT2D eigenvalue weighted by atomic mass is 35.5. The summed E-state index contributed by atoms with van der Waals surface area (Å²) in [4.78, 5) is 37.8. The van der Waals surface area contributed by atoms with Crippen molar-refractivity contribution in [3.05, 3.63) is 33.1 Å². The number of pyridine rings is 1. The van der Waals surface area contributed by atoms with Crippen LogP contribution in [0.1, 0.15) is 23.7 Å². The van der Waals surface area contributed by atoms with Crippen LogP contribution in [0.2, 0.25) is 5.15 Å². The van der Waals surface area contributed by atoms with Crippen molar-refractivity contribution in [2.45, 2.75) is 19.4 Å². The third kappa shape index (κ3) is 3.02. The molecule has 1 amide bonds. The number of amides is 1. The molecule has 0 radical (unpaired) electrons. The van der Waals surface area contributed by atoms with E-state index in [1.807, 2.05) is 0 Å². The Bertz CT molecular complexity index is 563. The number of halogens is 1. The Morgan fingerprint density at radius 2 is 2.20 bits per heavy atom. The van der Waals surface area contributed by atoms with Crippen molar-refractivity contribution < 1.29 is 19.6 Å². The summed E-state index contributed by atoms with van der Waals surface area (Å²) in [6.07, 6.45) is 1.32. The Hall–Kier alpha value is -2.22. The Kier molecular flexibility index (Phi) is 4.98. The second kappa shape index (κ2) is 6.29. The van der Waals surface area contributed by atoms with Crippen LogP contribution in [0.15, 0.2) is 12.3 Å². The number of nitro groups is 1. The van der Waals surface area contributed by atoms with Crippen LogP contribution in [0.25, 0.3) is 0 Å². The molecule has 0 aromatic carbocycles. The van der Waals surface area contributed by atoms with Crippen LogP contribution in [0.5, 0.6) is 0 Å². The Labute approximate surface area is 119 Å². The molecule has 0 aliphatic heterocycles. The molecular weight excluding hydrogens is 290 g/mol. The van der Waals surface area contributed by atoms with Crippen molar-refractivity contribution in [3.8, 4) is 0 Å². The number of aromatic nitrogens is 1. The number of hydrogen-bond donors (Lipinski definition) is 1. The number of hydrogen-bond acceptors (Lipinski definition) is 5. The predicted molar refractivity (Wildman–Crippen MR) is 69.7 cm³/mol. The van der Waals surface area contributed by atoms with E-state index < -0.39 is 33.7 Å². The predicted octanol–water partition coefficient (Wildman–Crippen LogP) is 1.58. The van der Waals surface area contributed by atoms with Gasteiger partial charge in [-0.15, -0.1) is 0 Å². The van der Waals surface area contributed by atoms with E-state index in [0.717, 1.165) is 17.2 Å². The number of nitrogens with zero attached hydrogens (tertiary/aromatic N) is 3. The van der Waals surface area contributed by atoms with E-state index in [1.165, 1.54) is 7.05 Å². The zero-order valence-corrected chi connectivity index (χ0v) is 11.5.